The Morgan fingerprint density at radius 3 is 1.45 bits per heavy atom. The highest BCUT2D eigenvalue weighted by Gasteiger charge is 2.47. The number of benzene rings is 1. The Balaban J connectivity index is 0.00000361. The van der Waals surface area contributed by atoms with Crippen molar-refractivity contribution < 1.29 is 12.4 Å². The van der Waals surface area contributed by atoms with Gasteiger partial charge in [-0.05, 0) is 11.1 Å². The normalized spacial score (nSPS) is 12.1. The molecule has 0 unspecified atom stereocenters. The van der Waals surface area contributed by atoms with Crippen molar-refractivity contribution in [2.24, 2.45) is 0 Å². The van der Waals surface area contributed by atoms with Crippen LogP contribution in [0.1, 0.15) is 11.1 Å². The maximum absolute atomic E-state index is 5.85. The zero-order chi connectivity index (χ0) is 14.6. The van der Waals surface area contributed by atoms with Crippen molar-refractivity contribution in [3.8, 4) is 0 Å². The molecule has 20 heavy (non-hydrogen) atoms. The minimum atomic E-state index is -1.49. The van der Waals surface area contributed by atoms with Crippen LogP contribution in [0.15, 0.2) is 24.3 Å². The van der Waals surface area contributed by atoms with Gasteiger partial charge in [0.05, 0.1) is 0 Å². The lowest BCUT2D eigenvalue weighted by molar-refractivity contribution is -0.00000424. The molecule has 3 nitrogen and oxygen atoms in total. The highest BCUT2D eigenvalue weighted by atomic mass is 35.5. The van der Waals surface area contributed by atoms with E-state index in [1.807, 2.05) is 0 Å². The minimum absolute atomic E-state index is 0. The van der Waals surface area contributed by atoms with E-state index in [9.17, 15) is 0 Å². The van der Waals surface area contributed by atoms with Gasteiger partial charge in [0.2, 0.25) is 7.71 Å². The maximum atomic E-state index is 5.85. The highest BCUT2D eigenvalue weighted by Crippen LogP contribution is 2.65. The monoisotopic (exact) mass is 337 g/mol. The third kappa shape index (κ3) is 4.30. The van der Waals surface area contributed by atoms with Crippen molar-refractivity contribution in [2.75, 3.05) is 42.3 Å². The van der Waals surface area contributed by atoms with Gasteiger partial charge in [0.15, 0.2) is 0 Å². The Morgan fingerprint density at radius 2 is 1.15 bits per heavy atom. The standard InChI is InChI=1S/C14H26ClN3P.ClH/c1-16(2)19(17(3)4,18(5)6)12-14-9-7-13(11-15)8-10-14;/h7-10H,11-12H2,1-6H3;1H/q+1;/p-1. The van der Waals surface area contributed by atoms with Crippen LogP contribution in [0.2, 0.25) is 0 Å². The van der Waals surface area contributed by atoms with E-state index in [4.69, 9.17) is 11.6 Å². The summed E-state index contributed by atoms with van der Waals surface area (Å²) in [7, 11) is 11.5. The van der Waals surface area contributed by atoms with E-state index in [-0.39, 0.29) is 12.4 Å². The smallest absolute Gasteiger partial charge is 0.230 e. The lowest BCUT2D eigenvalue weighted by atomic mass is 10.2. The number of rotatable bonds is 6. The lowest BCUT2D eigenvalue weighted by Gasteiger charge is -2.40. The summed E-state index contributed by atoms with van der Waals surface area (Å²) in [6, 6.07) is 8.64. The largest absolute Gasteiger partial charge is 1.00 e. The molecule has 0 aromatic heterocycles. The third-order valence-corrected chi connectivity index (χ3v) is 8.44. The van der Waals surface area contributed by atoms with Gasteiger partial charge in [-0.1, -0.05) is 24.3 Å². The summed E-state index contributed by atoms with van der Waals surface area (Å²) in [6.45, 7) is 0. The molecule has 0 bridgehead atoms. The van der Waals surface area contributed by atoms with Gasteiger partial charge in [-0.3, -0.25) is 0 Å². The average molecular weight is 338 g/mol. The van der Waals surface area contributed by atoms with Gasteiger partial charge < -0.3 is 12.4 Å². The number of halogens is 2. The summed E-state index contributed by atoms with van der Waals surface area (Å²) in [5, 5.41) is 0. The molecule has 1 aromatic carbocycles. The Bertz CT molecular complexity index is 372. The van der Waals surface area contributed by atoms with Gasteiger partial charge in [0, 0.05) is 48.2 Å². The van der Waals surface area contributed by atoms with Crippen molar-refractivity contribution >= 4 is 19.3 Å². The molecule has 0 aliphatic carbocycles. The number of nitrogens with zero attached hydrogens (tertiary/aromatic N) is 3. The van der Waals surface area contributed by atoms with E-state index in [2.05, 4.69) is 80.6 Å². The molecule has 0 radical (unpaired) electrons. The SMILES string of the molecule is CN(C)[P+](Cc1ccc(CCl)cc1)(N(C)C)N(C)C.[Cl-]. The number of hydrogen-bond acceptors (Lipinski definition) is 3. The molecule has 0 aliphatic rings. The third-order valence-electron chi connectivity index (χ3n) is 3.49. The summed E-state index contributed by atoms with van der Waals surface area (Å²) in [4.78, 5) is 0. The van der Waals surface area contributed by atoms with E-state index < -0.39 is 7.71 Å². The van der Waals surface area contributed by atoms with Gasteiger partial charge >= 0.3 is 0 Å². The van der Waals surface area contributed by atoms with Crippen LogP contribution in [0.3, 0.4) is 0 Å². The van der Waals surface area contributed by atoms with Gasteiger partial charge in [0.25, 0.3) is 0 Å². The molecule has 0 aliphatic heterocycles. The topological polar surface area (TPSA) is 9.72 Å². The fraction of sp³-hybridized carbons (Fsp3) is 0.571. The second-order valence-electron chi connectivity index (χ2n) is 5.34. The van der Waals surface area contributed by atoms with Gasteiger partial charge in [0.1, 0.15) is 6.16 Å². The van der Waals surface area contributed by atoms with Crippen LogP contribution in [0, 0.1) is 0 Å². The van der Waals surface area contributed by atoms with Gasteiger partial charge in [-0.15, -0.1) is 11.6 Å². The van der Waals surface area contributed by atoms with Crippen molar-refractivity contribution in [3.05, 3.63) is 35.4 Å². The molecule has 1 aromatic rings. The predicted octanol–water partition coefficient (Wildman–Crippen LogP) is 0.377. The van der Waals surface area contributed by atoms with E-state index in [1.165, 1.54) is 11.1 Å². The first-order valence-corrected chi connectivity index (χ1v) is 8.76. The van der Waals surface area contributed by atoms with Gasteiger partial charge in [-0.2, -0.15) is 14.0 Å². The van der Waals surface area contributed by atoms with E-state index in [1.54, 1.807) is 0 Å². The fourth-order valence-corrected chi connectivity index (χ4v) is 6.35. The van der Waals surface area contributed by atoms with Crippen LogP contribution in [-0.4, -0.2) is 56.3 Å². The molecule has 0 atom stereocenters. The summed E-state index contributed by atoms with van der Waals surface area (Å²) in [6.07, 6.45) is 1.04. The average Bonchev–Trinajstić information content (AvgIpc) is 2.35. The molecule has 0 heterocycles. The lowest BCUT2D eigenvalue weighted by Crippen LogP contribution is -3.00. The first-order chi connectivity index (χ1) is 8.84. The zero-order valence-corrected chi connectivity index (χ0v) is 15.7. The number of hydrogen-bond donors (Lipinski definition) is 0. The van der Waals surface area contributed by atoms with E-state index in [0.717, 1.165) is 6.16 Å². The summed E-state index contributed by atoms with van der Waals surface area (Å²) in [5.41, 5.74) is 2.53. The van der Waals surface area contributed by atoms with Crippen molar-refractivity contribution in [1.82, 2.24) is 14.0 Å². The maximum Gasteiger partial charge on any atom is 0.230 e. The zero-order valence-electron chi connectivity index (χ0n) is 13.3. The van der Waals surface area contributed by atoms with Crippen LogP contribution >= 0.6 is 19.3 Å². The summed E-state index contributed by atoms with van der Waals surface area (Å²) < 4.78 is 7.09. The molecule has 0 amide bonds. The molecular formula is C14H26Cl2N3P. The molecule has 0 saturated carbocycles. The first kappa shape index (κ1) is 20.1. The van der Waals surface area contributed by atoms with Crippen LogP contribution in [0.4, 0.5) is 0 Å². The van der Waals surface area contributed by atoms with Crippen molar-refractivity contribution in [1.29, 1.82) is 0 Å². The van der Waals surface area contributed by atoms with Crippen molar-refractivity contribution in [2.45, 2.75) is 12.0 Å². The van der Waals surface area contributed by atoms with Crippen LogP contribution in [0.25, 0.3) is 0 Å². The molecule has 1 rings (SSSR count). The highest BCUT2D eigenvalue weighted by molar-refractivity contribution is 7.68. The van der Waals surface area contributed by atoms with Crippen LogP contribution in [0.5, 0.6) is 0 Å². The van der Waals surface area contributed by atoms with Gasteiger partial charge in [-0.25, -0.2) is 0 Å². The molecular weight excluding hydrogens is 312 g/mol. The number of alkyl halides is 1. The minimum Gasteiger partial charge on any atom is -1.00 e. The van der Waals surface area contributed by atoms with E-state index >= 15 is 0 Å². The predicted molar refractivity (Wildman–Crippen MR) is 87.7 cm³/mol. The summed E-state index contributed by atoms with van der Waals surface area (Å²) in [5.74, 6) is 0.579. The van der Waals surface area contributed by atoms with E-state index in [0.29, 0.717) is 5.88 Å². The molecule has 0 saturated heterocycles. The molecule has 116 valence electrons. The first-order valence-electron chi connectivity index (χ1n) is 6.40. The van der Waals surface area contributed by atoms with Crippen molar-refractivity contribution in [3.63, 3.8) is 0 Å². The Kier molecular flexibility index (Phi) is 8.57. The molecule has 0 N–H and O–H groups in total. The quantitative estimate of drug-likeness (QED) is 0.548. The second kappa shape index (κ2) is 8.53. The fourth-order valence-electron chi connectivity index (χ4n) is 2.48. The Hall–Kier alpha value is 0.110. The van der Waals surface area contributed by atoms with Crippen LogP contribution < -0.4 is 12.4 Å². The molecule has 0 fully saturated rings. The van der Waals surface area contributed by atoms with Crippen LogP contribution in [-0.2, 0) is 12.0 Å². The molecule has 0 spiro atoms. The second-order valence-corrected chi connectivity index (χ2v) is 9.71. The molecule has 6 heteroatoms. The Labute approximate surface area is 135 Å². The summed E-state index contributed by atoms with van der Waals surface area (Å²) >= 11 is 5.85. The Morgan fingerprint density at radius 1 is 0.800 bits per heavy atom.